The summed E-state index contributed by atoms with van der Waals surface area (Å²) >= 11 is 0. The highest BCUT2D eigenvalue weighted by atomic mass is 16.5. The monoisotopic (exact) mass is 770 g/mol. The van der Waals surface area contributed by atoms with Crippen LogP contribution in [0.2, 0.25) is 0 Å². The van der Waals surface area contributed by atoms with E-state index in [0.717, 1.165) is 55.2 Å². The summed E-state index contributed by atoms with van der Waals surface area (Å²) in [6, 6.07) is 21.3. The van der Waals surface area contributed by atoms with Crippen LogP contribution in [0.4, 0.5) is 5.69 Å². The Morgan fingerprint density at radius 1 is 0.772 bits per heavy atom. The molecule has 3 fully saturated rings. The molecule has 1 atom stereocenters. The highest BCUT2D eigenvalue weighted by Gasteiger charge is 2.45. The standard InChI is InChI=1S/C44H46N6O7/c1-47-38-13-16-45-25-37(38)34-9-5-29(23-40(34)47)28-3-7-31(8-4-28)57-32-14-17-48(18-15-32)19-22-55-20-2-21-56-33-26-49(27-33)30-6-10-35-36(24-30)44(54)50(43(35)53)39-11-12-41(51)46-42(39)52/h3-10,13,16,23-25,32-33,39H,2,11-12,14-15,17-22,26-27H2,1H3,(H,46,51,52). The number of likely N-dealkylation sites (tertiary alicyclic amines) is 1. The highest BCUT2D eigenvalue weighted by Crippen LogP contribution is 2.34. The minimum Gasteiger partial charge on any atom is -0.490 e. The molecule has 0 radical (unpaired) electrons. The first-order valence-corrected chi connectivity index (χ1v) is 19.9. The van der Waals surface area contributed by atoms with Gasteiger partial charge in [0.1, 0.15) is 17.9 Å². The number of amides is 4. The number of hydrogen-bond donors (Lipinski definition) is 1. The van der Waals surface area contributed by atoms with Crippen molar-refractivity contribution in [2.75, 3.05) is 57.4 Å². The number of rotatable bonds is 13. The number of carbonyl (C=O) groups is 4. The smallest absolute Gasteiger partial charge is 0.262 e. The van der Waals surface area contributed by atoms with Crippen LogP contribution in [0.5, 0.6) is 5.75 Å². The molecule has 6 heterocycles. The second kappa shape index (κ2) is 15.7. The van der Waals surface area contributed by atoms with Crippen LogP contribution in [-0.4, -0.2) is 114 Å². The molecule has 57 heavy (non-hydrogen) atoms. The van der Waals surface area contributed by atoms with E-state index in [9.17, 15) is 19.2 Å². The van der Waals surface area contributed by atoms with Crippen molar-refractivity contribution in [1.29, 1.82) is 0 Å². The summed E-state index contributed by atoms with van der Waals surface area (Å²) in [5, 5.41) is 4.62. The van der Waals surface area contributed by atoms with Crippen molar-refractivity contribution >= 4 is 51.1 Å². The Balaban J connectivity index is 0.644. The lowest BCUT2D eigenvalue weighted by Gasteiger charge is -2.40. The lowest BCUT2D eigenvalue weighted by molar-refractivity contribution is -0.136. The van der Waals surface area contributed by atoms with E-state index in [1.807, 2.05) is 18.5 Å². The van der Waals surface area contributed by atoms with Crippen molar-refractivity contribution in [3.05, 3.63) is 90.3 Å². The van der Waals surface area contributed by atoms with Crippen LogP contribution < -0.4 is 15.0 Å². The fourth-order valence-corrected chi connectivity index (χ4v) is 8.52. The van der Waals surface area contributed by atoms with Gasteiger partial charge < -0.3 is 28.6 Å². The lowest BCUT2D eigenvalue weighted by atomic mass is 10.0. The molecule has 4 aliphatic rings. The number of nitrogens with zero attached hydrogens (tertiary/aromatic N) is 5. The van der Waals surface area contributed by atoms with Gasteiger partial charge in [0, 0.05) is 93.8 Å². The van der Waals surface area contributed by atoms with Gasteiger partial charge in [-0.3, -0.25) is 34.4 Å². The van der Waals surface area contributed by atoms with Gasteiger partial charge in [0.25, 0.3) is 11.8 Å². The van der Waals surface area contributed by atoms with Crippen LogP contribution in [0.1, 0.15) is 52.8 Å². The summed E-state index contributed by atoms with van der Waals surface area (Å²) < 4.78 is 20.6. The second-order valence-corrected chi connectivity index (χ2v) is 15.4. The van der Waals surface area contributed by atoms with Crippen LogP contribution in [0.3, 0.4) is 0 Å². The molecular formula is C44H46N6O7. The Morgan fingerprint density at radius 2 is 1.56 bits per heavy atom. The SMILES string of the molecule is Cn1c2ccncc2c2ccc(-c3ccc(OC4CCN(CCOCCCOC5CN(c6ccc7c(c6)C(=O)N(C6CCC(=O)NC6=O)C7=O)C5)CC4)cc3)cc21. The van der Waals surface area contributed by atoms with Crippen LogP contribution in [0, 0.1) is 0 Å². The maximum absolute atomic E-state index is 13.2. The number of piperidine rings is 2. The lowest BCUT2D eigenvalue weighted by Crippen LogP contribution is -2.54. The van der Waals surface area contributed by atoms with Gasteiger partial charge in [-0.2, -0.15) is 0 Å². The molecule has 0 spiro atoms. The first kappa shape index (κ1) is 37.0. The van der Waals surface area contributed by atoms with E-state index in [1.165, 1.54) is 32.9 Å². The molecule has 1 N–H and O–H groups in total. The Hall–Kier alpha value is -5.63. The number of carbonyl (C=O) groups excluding carboxylic acids is 4. The number of anilines is 1. The molecule has 1 unspecified atom stereocenters. The summed E-state index contributed by atoms with van der Waals surface area (Å²) in [6.45, 7) is 6.18. The van der Waals surface area contributed by atoms with Gasteiger partial charge in [-0.1, -0.05) is 24.3 Å². The molecule has 13 nitrogen and oxygen atoms in total. The quantitative estimate of drug-likeness (QED) is 0.130. The van der Waals surface area contributed by atoms with Crippen LogP contribution >= 0.6 is 0 Å². The number of ether oxygens (including phenoxy) is 3. The van der Waals surface area contributed by atoms with E-state index in [4.69, 9.17) is 14.2 Å². The summed E-state index contributed by atoms with van der Waals surface area (Å²) in [4.78, 5) is 59.9. The van der Waals surface area contributed by atoms with Crippen LogP contribution in [-0.2, 0) is 26.1 Å². The summed E-state index contributed by atoms with van der Waals surface area (Å²) in [6.07, 6.45) is 7.08. The predicted molar refractivity (Wildman–Crippen MR) is 214 cm³/mol. The number of imide groups is 2. The fourth-order valence-electron chi connectivity index (χ4n) is 8.52. The molecule has 3 saturated heterocycles. The molecule has 0 aliphatic carbocycles. The maximum atomic E-state index is 13.2. The molecule has 13 heteroatoms. The van der Waals surface area contributed by atoms with Gasteiger partial charge in [-0.05, 0) is 79.3 Å². The van der Waals surface area contributed by atoms with Gasteiger partial charge in [0.05, 0.1) is 29.4 Å². The first-order chi connectivity index (χ1) is 27.8. The number of hydrogen-bond acceptors (Lipinski definition) is 10. The number of aryl methyl sites for hydroxylation is 1. The Morgan fingerprint density at radius 3 is 2.37 bits per heavy atom. The number of pyridine rings is 1. The Kier molecular flexibility index (Phi) is 10.2. The highest BCUT2D eigenvalue weighted by molar-refractivity contribution is 6.23. The van der Waals surface area contributed by atoms with Crippen molar-refractivity contribution < 1.29 is 33.4 Å². The van der Waals surface area contributed by atoms with E-state index < -0.39 is 29.7 Å². The molecule has 3 aromatic carbocycles. The van der Waals surface area contributed by atoms with Crippen molar-refractivity contribution in [2.24, 2.45) is 7.05 Å². The third-order valence-corrected chi connectivity index (χ3v) is 11.8. The number of fused-ring (bicyclic) bond motifs is 4. The van der Waals surface area contributed by atoms with Crippen molar-refractivity contribution in [3.8, 4) is 16.9 Å². The summed E-state index contributed by atoms with van der Waals surface area (Å²) in [5.74, 6) is -1.09. The average molecular weight is 771 g/mol. The fraction of sp³-hybridized carbons (Fsp3) is 0.386. The van der Waals surface area contributed by atoms with Crippen molar-refractivity contribution in [2.45, 2.75) is 50.4 Å². The van der Waals surface area contributed by atoms with Crippen molar-refractivity contribution in [3.63, 3.8) is 0 Å². The molecule has 9 rings (SSSR count). The van der Waals surface area contributed by atoms with Gasteiger partial charge in [0.15, 0.2) is 0 Å². The third kappa shape index (κ3) is 7.38. The largest absolute Gasteiger partial charge is 0.490 e. The van der Waals surface area contributed by atoms with Gasteiger partial charge in [-0.25, -0.2) is 0 Å². The first-order valence-electron chi connectivity index (χ1n) is 19.9. The molecule has 0 saturated carbocycles. The molecular weight excluding hydrogens is 725 g/mol. The van der Waals surface area contributed by atoms with E-state index >= 15 is 0 Å². The Bertz CT molecular complexity index is 2340. The molecule has 2 aromatic heterocycles. The number of benzene rings is 3. The number of nitrogens with one attached hydrogen (secondary N) is 1. The normalized spacial score (nSPS) is 19.4. The topological polar surface area (TPSA) is 136 Å². The summed E-state index contributed by atoms with van der Waals surface area (Å²) in [7, 11) is 2.10. The molecule has 0 bridgehead atoms. The van der Waals surface area contributed by atoms with Crippen LogP contribution in [0.25, 0.3) is 32.9 Å². The zero-order chi connectivity index (χ0) is 39.0. The van der Waals surface area contributed by atoms with Crippen LogP contribution in [0.15, 0.2) is 79.1 Å². The third-order valence-electron chi connectivity index (χ3n) is 11.8. The minimum absolute atomic E-state index is 0.0842. The Labute approximate surface area is 330 Å². The second-order valence-electron chi connectivity index (χ2n) is 15.4. The van der Waals surface area contributed by atoms with E-state index in [1.54, 1.807) is 12.1 Å². The summed E-state index contributed by atoms with van der Waals surface area (Å²) in [5.41, 5.74) is 6.12. The molecule has 4 aliphatic heterocycles. The van der Waals surface area contributed by atoms with Gasteiger partial charge in [-0.15, -0.1) is 0 Å². The molecule has 4 amide bonds. The van der Waals surface area contributed by atoms with Crippen molar-refractivity contribution in [1.82, 2.24) is 24.7 Å². The predicted octanol–water partition coefficient (Wildman–Crippen LogP) is 4.95. The maximum Gasteiger partial charge on any atom is 0.262 e. The molecule has 294 valence electrons. The minimum atomic E-state index is -0.970. The van der Waals surface area contributed by atoms with E-state index in [2.05, 4.69) is 80.2 Å². The molecule has 5 aromatic rings. The van der Waals surface area contributed by atoms with Gasteiger partial charge >= 0.3 is 0 Å². The zero-order valence-corrected chi connectivity index (χ0v) is 32.0. The number of aromatic nitrogens is 2. The zero-order valence-electron chi connectivity index (χ0n) is 32.0. The average Bonchev–Trinajstić information content (AvgIpc) is 3.63. The van der Waals surface area contributed by atoms with E-state index in [0.29, 0.717) is 32.9 Å². The van der Waals surface area contributed by atoms with E-state index in [-0.39, 0.29) is 36.2 Å². The van der Waals surface area contributed by atoms with Gasteiger partial charge in [0.2, 0.25) is 11.8 Å².